The van der Waals surface area contributed by atoms with Crippen LogP contribution < -0.4 is 4.74 Å². The molecule has 4 rings (SSSR count). The van der Waals surface area contributed by atoms with Crippen molar-refractivity contribution >= 4 is 23.0 Å². The van der Waals surface area contributed by atoms with Crippen LogP contribution >= 0.6 is 11.6 Å². The van der Waals surface area contributed by atoms with Crippen LogP contribution in [0.2, 0.25) is 5.02 Å². The zero-order valence-corrected chi connectivity index (χ0v) is 18.7. The highest BCUT2D eigenvalue weighted by molar-refractivity contribution is 6.30. The Morgan fingerprint density at radius 2 is 1.88 bits per heavy atom. The summed E-state index contributed by atoms with van der Waals surface area (Å²) in [5.74, 6) is 0.457. The van der Waals surface area contributed by atoms with Gasteiger partial charge in [0.2, 0.25) is 0 Å². The minimum absolute atomic E-state index is 0.0773. The van der Waals surface area contributed by atoms with Gasteiger partial charge in [0.25, 0.3) is 0 Å². The summed E-state index contributed by atoms with van der Waals surface area (Å²) >= 11 is 6.06. The van der Waals surface area contributed by atoms with Gasteiger partial charge in [-0.25, -0.2) is 0 Å². The van der Waals surface area contributed by atoms with Crippen molar-refractivity contribution in [3.05, 3.63) is 76.3 Å². The third kappa shape index (κ3) is 4.95. The second-order valence-electron chi connectivity index (χ2n) is 7.85. The smallest absolute Gasteiger partial charge is 0.406 e. The lowest BCUT2D eigenvalue weighted by atomic mass is 9.91. The molecule has 1 atom stereocenters. The quantitative estimate of drug-likeness (QED) is 0.413. The van der Waals surface area contributed by atoms with Gasteiger partial charge in [-0.1, -0.05) is 36.7 Å². The van der Waals surface area contributed by atoms with Gasteiger partial charge in [0.15, 0.2) is 0 Å². The number of aromatic nitrogens is 3. The molecule has 33 heavy (non-hydrogen) atoms. The molecule has 0 unspecified atom stereocenters. The number of alkyl halides is 3. The Kier molecular flexibility index (Phi) is 6.30. The lowest BCUT2D eigenvalue weighted by Gasteiger charge is -2.16. The number of hydrogen-bond acceptors (Lipinski definition) is 4. The van der Waals surface area contributed by atoms with Gasteiger partial charge in [-0.2, -0.15) is 0 Å². The highest BCUT2D eigenvalue weighted by Crippen LogP contribution is 2.40. The number of Topliss-reactive ketones (excluding diaryl/α,β-unsaturated/α-hetero) is 1. The first-order valence-corrected chi connectivity index (χ1v) is 10.9. The van der Waals surface area contributed by atoms with E-state index in [1.165, 1.54) is 12.1 Å². The Morgan fingerprint density at radius 3 is 2.55 bits per heavy atom. The van der Waals surface area contributed by atoms with Crippen molar-refractivity contribution in [1.29, 1.82) is 0 Å². The van der Waals surface area contributed by atoms with E-state index >= 15 is 0 Å². The first-order valence-electron chi connectivity index (χ1n) is 10.5. The molecule has 0 N–H and O–H groups in total. The molecule has 2 aromatic carbocycles. The summed E-state index contributed by atoms with van der Waals surface area (Å²) in [5, 5.41) is 9.03. The standard InChI is InChI=1S/C24H21ClF3N3O2/c1-3-4-18(32)11-16-12-20(15-5-7-17(25)8-6-15)21-13-19(33-24(26,27)28)9-10-22(21)31-14(2)29-30-23(16)31/h5-10,12-13,16H,3-4,11H2,1-2H3/t16-/m1/s1. The largest absolute Gasteiger partial charge is 0.573 e. The number of ether oxygens (including phenoxy) is 1. The molecular formula is C24H21ClF3N3O2. The average molecular weight is 476 g/mol. The summed E-state index contributed by atoms with van der Waals surface area (Å²) in [6, 6.07) is 11.2. The Balaban J connectivity index is 1.94. The van der Waals surface area contributed by atoms with Crippen molar-refractivity contribution in [1.82, 2.24) is 14.8 Å². The summed E-state index contributed by atoms with van der Waals surface area (Å²) < 4.78 is 44.8. The van der Waals surface area contributed by atoms with Crippen LogP contribution in [-0.2, 0) is 4.79 Å². The van der Waals surface area contributed by atoms with Crippen LogP contribution in [0.5, 0.6) is 5.75 Å². The van der Waals surface area contributed by atoms with Crippen molar-refractivity contribution in [3.63, 3.8) is 0 Å². The molecule has 9 heteroatoms. The topological polar surface area (TPSA) is 57.0 Å². The maximum absolute atomic E-state index is 12.9. The minimum atomic E-state index is -4.82. The predicted octanol–water partition coefficient (Wildman–Crippen LogP) is 6.42. The highest BCUT2D eigenvalue weighted by Gasteiger charge is 2.33. The fourth-order valence-electron chi connectivity index (χ4n) is 4.06. The van der Waals surface area contributed by atoms with Gasteiger partial charge in [-0.15, -0.1) is 23.4 Å². The molecule has 5 nitrogen and oxygen atoms in total. The number of carbonyl (C=O) groups is 1. The van der Waals surface area contributed by atoms with Crippen LogP contribution in [0.15, 0.2) is 48.5 Å². The molecule has 172 valence electrons. The Morgan fingerprint density at radius 1 is 1.15 bits per heavy atom. The summed E-state index contributed by atoms with van der Waals surface area (Å²) in [4.78, 5) is 12.6. The number of halogens is 4. The van der Waals surface area contributed by atoms with Gasteiger partial charge >= 0.3 is 6.36 Å². The molecule has 0 saturated heterocycles. The van der Waals surface area contributed by atoms with Gasteiger partial charge in [-0.3, -0.25) is 9.36 Å². The number of nitrogens with zero attached hydrogens (tertiary/aromatic N) is 3. The van der Waals surface area contributed by atoms with E-state index in [0.29, 0.717) is 39.9 Å². The summed E-state index contributed by atoms with van der Waals surface area (Å²) in [5.41, 5.74) is 2.52. The number of hydrogen-bond donors (Lipinski definition) is 0. The molecule has 0 saturated carbocycles. The number of carbonyl (C=O) groups excluding carboxylic acids is 1. The predicted molar refractivity (Wildman–Crippen MR) is 119 cm³/mol. The Labute approximate surface area is 193 Å². The summed E-state index contributed by atoms with van der Waals surface area (Å²) in [6.07, 6.45) is -1.58. The molecule has 1 aliphatic rings. The van der Waals surface area contributed by atoms with Crippen LogP contribution in [-0.4, -0.2) is 26.9 Å². The number of fused-ring (bicyclic) bond motifs is 3. The molecule has 0 bridgehead atoms. The van der Waals surface area contributed by atoms with Crippen LogP contribution in [0.4, 0.5) is 13.2 Å². The number of ketones is 1. The molecule has 0 amide bonds. The van der Waals surface area contributed by atoms with Gasteiger partial charge in [0, 0.05) is 29.3 Å². The van der Waals surface area contributed by atoms with Crippen LogP contribution in [0.25, 0.3) is 11.3 Å². The Hall–Kier alpha value is -3.13. The van der Waals surface area contributed by atoms with Gasteiger partial charge in [-0.05, 0) is 54.8 Å². The minimum Gasteiger partial charge on any atom is -0.406 e. The van der Waals surface area contributed by atoms with E-state index in [0.717, 1.165) is 12.0 Å². The van der Waals surface area contributed by atoms with Crippen molar-refractivity contribution in [2.45, 2.75) is 45.4 Å². The van der Waals surface area contributed by atoms with Crippen LogP contribution in [0, 0.1) is 6.92 Å². The fraction of sp³-hybridized carbons (Fsp3) is 0.292. The van der Waals surface area contributed by atoms with E-state index in [1.807, 2.05) is 13.0 Å². The summed E-state index contributed by atoms with van der Waals surface area (Å²) in [7, 11) is 0. The fourth-order valence-corrected chi connectivity index (χ4v) is 4.19. The normalized spacial score (nSPS) is 15.3. The monoisotopic (exact) mass is 475 g/mol. The molecule has 1 aliphatic heterocycles. The SMILES string of the molecule is CCCC(=O)C[C@@H]1C=C(c2ccc(Cl)cc2)c2cc(OC(F)(F)F)ccc2-n2c(C)nnc21. The second-order valence-corrected chi connectivity index (χ2v) is 8.29. The van der Waals surface area contributed by atoms with E-state index in [1.54, 1.807) is 41.8 Å². The van der Waals surface area contributed by atoms with E-state index in [4.69, 9.17) is 11.6 Å². The van der Waals surface area contributed by atoms with Crippen LogP contribution in [0.1, 0.15) is 54.9 Å². The highest BCUT2D eigenvalue weighted by atomic mass is 35.5. The second kappa shape index (κ2) is 9.02. The molecule has 0 fully saturated rings. The number of aryl methyl sites for hydroxylation is 1. The first kappa shape index (κ1) is 23.0. The number of allylic oxidation sites excluding steroid dienone is 1. The van der Waals surface area contributed by atoms with E-state index in [9.17, 15) is 18.0 Å². The van der Waals surface area contributed by atoms with Gasteiger partial charge < -0.3 is 4.74 Å². The van der Waals surface area contributed by atoms with Crippen molar-refractivity contribution in [3.8, 4) is 11.4 Å². The maximum Gasteiger partial charge on any atom is 0.573 e. The molecule has 0 aliphatic carbocycles. The first-order chi connectivity index (χ1) is 15.7. The van der Waals surface area contributed by atoms with Gasteiger partial charge in [0.05, 0.1) is 5.69 Å². The van der Waals surface area contributed by atoms with Crippen LogP contribution in [0.3, 0.4) is 0 Å². The molecule has 0 radical (unpaired) electrons. The molecule has 3 aromatic rings. The maximum atomic E-state index is 12.9. The van der Waals surface area contributed by atoms with Crippen molar-refractivity contribution in [2.24, 2.45) is 0 Å². The Bertz CT molecular complexity index is 1220. The molecule has 0 spiro atoms. The van der Waals surface area contributed by atoms with Gasteiger partial charge in [0.1, 0.15) is 23.2 Å². The lowest BCUT2D eigenvalue weighted by Crippen LogP contribution is -2.17. The lowest BCUT2D eigenvalue weighted by molar-refractivity contribution is -0.274. The van der Waals surface area contributed by atoms with Crippen molar-refractivity contribution in [2.75, 3.05) is 0 Å². The zero-order valence-electron chi connectivity index (χ0n) is 18.0. The third-order valence-corrected chi connectivity index (χ3v) is 5.67. The summed E-state index contributed by atoms with van der Waals surface area (Å²) in [6.45, 7) is 3.70. The zero-order chi connectivity index (χ0) is 23.8. The van der Waals surface area contributed by atoms with E-state index in [2.05, 4.69) is 14.9 Å². The molecule has 1 aromatic heterocycles. The van der Waals surface area contributed by atoms with E-state index < -0.39 is 12.3 Å². The molecule has 2 heterocycles. The number of benzene rings is 2. The average Bonchev–Trinajstić information content (AvgIpc) is 3.06. The number of rotatable bonds is 6. The molecular weight excluding hydrogens is 455 g/mol. The van der Waals surface area contributed by atoms with E-state index in [-0.39, 0.29) is 18.0 Å². The van der Waals surface area contributed by atoms with Crippen molar-refractivity contribution < 1.29 is 22.7 Å². The third-order valence-electron chi connectivity index (χ3n) is 5.41.